The maximum atomic E-state index is 12.3. The average Bonchev–Trinajstić information content (AvgIpc) is 3.02. The molecule has 0 saturated carbocycles. The number of anilines is 1. The van der Waals surface area contributed by atoms with Gasteiger partial charge in [-0.2, -0.15) is 0 Å². The van der Waals surface area contributed by atoms with E-state index in [1.165, 1.54) is 13.2 Å². The van der Waals surface area contributed by atoms with Gasteiger partial charge in [-0.15, -0.1) is 0 Å². The molecule has 0 fully saturated rings. The number of halogens is 1. The van der Waals surface area contributed by atoms with Crippen LogP contribution < -0.4 is 5.32 Å². The summed E-state index contributed by atoms with van der Waals surface area (Å²) < 4.78 is 15.2. The fraction of sp³-hybridized carbons (Fsp3) is 0.150. The lowest BCUT2D eigenvalue weighted by molar-refractivity contribution is -0.119. The van der Waals surface area contributed by atoms with Crippen LogP contribution in [-0.2, 0) is 14.3 Å². The largest absolute Gasteiger partial charge is 0.465 e. The van der Waals surface area contributed by atoms with Gasteiger partial charge in [-0.05, 0) is 37.3 Å². The van der Waals surface area contributed by atoms with E-state index in [1.54, 1.807) is 43.3 Å². The molecule has 8 heteroatoms. The number of esters is 2. The molecule has 0 aliphatic heterocycles. The van der Waals surface area contributed by atoms with Crippen molar-refractivity contribution >= 4 is 46.1 Å². The standard InChI is InChI=1S/C20H16ClNO6/c1-11-14-9-12(21)7-8-16(14)28-18(11)20(25)27-10-17(23)22-15-6-4-3-5-13(15)19(24)26-2/h3-9H,10H2,1-2H3,(H,22,23). The van der Waals surface area contributed by atoms with Crippen molar-refractivity contribution in [3.05, 3.63) is 64.4 Å². The zero-order valence-electron chi connectivity index (χ0n) is 15.1. The Kier molecular flexibility index (Phi) is 5.65. The van der Waals surface area contributed by atoms with E-state index in [4.69, 9.17) is 20.8 Å². The van der Waals surface area contributed by atoms with E-state index in [0.29, 0.717) is 21.6 Å². The quantitative estimate of drug-likeness (QED) is 0.650. The molecular weight excluding hydrogens is 386 g/mol. The van der Waals surface area contributed by atoms with Crippen molar-refractivity contribution in [3.8, 4) is 0 Å². The van der Waals surface area contributed by atoms with Crippen LogP contribution >= 0.6 is 11.6 Å². The summed E-state index contributed by atoms with van der Waals surface area (Å²) in [6, 6.07) is 11.3. The first-order chi connectivity index (χ1) is 13.4. The van der Waals surface area contributed by atoms with E-state index in [0.717, 1.165) is 0 Å². The van der Waals surface area contributed by atoms with Crippen LogP contribution in [0.25, 0.3) is 11.0 Å². The first-order valence-corrected chi connectivity index (χ1v) is 8.61. The smallest absolute Gasteiger partial charge is 0.375 e. The highest BCUT2D eigenvalue weighted by molar-refractivity contribution is 6.31. The van der Waals surface area contributed by atoms with Crippen LogP contribution in [0.2, 0.25) is 5.02 Å². The Morgan fingerprint density at radius 3 is 2.61 bits per heavy atom. The summed E-state index contributed by atoms with van der Waals surface area (Å²) in [5, 5.41) is 3.72. The van der Waals surface area contributed by atoms with Crippen molar-refractivity contribution in [1.82, 2.24) is 0 Å². The molecule has 1 heterocycles. The molecule has 1 N–H and O–H groups in total. The lowest BCUT2D eigenvalue weighted by Gasteiger charge is -2.09. The van der Waals surface area contributed by atoms with Gasteiger partial charge in [-0.25, -0.2) is 9.59 Å². The summed E-state index contributed by atoms with van der Waals surface area (Å²) in [5.74, 6) is -1.98. The number of carbonyl (C=O) groups excluding carboxylic acids is 3. The zero-order valence-corrected chi connectivity index (χ0v) is 15.8. The highest BCUT2D eigenvalue weighted by Gasteiger charge is 2.21. The van der Waals surface area contributed by atoms with E-state index in [-0.39, 0.29) is 17.0 Å². The third-order valence-corrected chi connectivity index (χ3v) is 4.26. The summed E-state index contributed by atoms with van der Waals surface area (Å²) in [6.07, 6.45) is 0. The number of ether oxygens (including phenoxy) is 2. The number of aryl methyl sites for hydroxylation is 1. The fourth-order valence-electron chi connectivity index (χ4n) is 2.65. The molecule has 3 aromatic rings. The Morgan fingerprint density at radius 2 is 1.86 bits per heavy atom. The second-order valence-electron chi connectivity index (χ2n) is 5.86. The van der Waals surface area contributed by atoms with Crippen LogP contribution in [-0.4, -0.2) is 31.6 Å². The maximum Gasteiger partial charge on any atom is 0.375 e. The number of para-hydroxylation sites is 1. The fourth-order valence-corrected chi connectivity index (χ4v) is 2.82. The van der Waals surface area contributed by atoms with Crippen LogP contribution in [0.4, 0.5) is 5.69 Å². The molecule has 0 aliphatic rings. The Bertz CT molecular complexity index is 1070. The molecule has 28 heavy (non-hydrogen) atoms. The van der Waals surface area contributed by atoms with Crippen LogP contribution in [0.5, 0.6) is 0 Å². The molecule has 0 saturated heterocycles. The summed E-state index contributed by atoms with van der Waals surface area (Å²) in [4.78, 5) is 36.2. The molecule has 0 aliphatic carbocycles. The van der Waals surface area contributed by atoms with Crippen LogP contribution in [0.1, 0.15) is 26.5 Å². The number of nitrogens with one attached hydrogen (secondary N) is 1. The minimum atomic E-state index is -0.777. The van der Waals surface area contributed by atoms with Gasteiger partial charge in [-0.3, -0.25) is 4.79 Å². The highest BCUT2D eigenvalue weighted by Crippen LogP contribution is 2.28. The van der Waals surface area contributed by atoms with Crippen LogP contribution in [0.15, 0.2) is 46.9 Å². The minimum absolute atomic E-state index is 0.0000255. The molecule has 1 aromatic heterocycles. The van der Waals surface area contributed by atoms with E-state index >= 15 is 0 Å². The van der Waals surface area contributed by atoms with E-state index in [9.17, 15) is 14.4 Å². The molecule has 0 unspecified atom stereocenters. The Labute approximate surface area is 165 Å². The number of amides is 1. The van der Waals surface area contributed by atoms with Gasteiger partial charge < -0.3 is 19.2 Å². The zero-order chi connectivity index (χ0) is 20.3. The summed E-state index contributed by atoms with van der Waals surface area (Å²) in [5.41, 5.74) is 1.50. The molecule has 0 atom stereocenters. The van der Waals surface area contributed by atoms with Crippen LogP contribution in [0.3, 0.4) is 0 Å². The monoisotopic (exact) mass is 401 g/mol. The van der Waals surface area contributed by atoms with E-state index in [1.807, 2.05) is 0 Å². The predicted molar refractivity (Wildman–Crippen MR) is 103 cm³/mol. The van der Waals surface area contributed by atoms with Crippen molar-refractivity contribution in [2.45, 2.75) is 6.92 Å². The van der Waals surface area contributed by atoms with Crippen molar-refractivity contribution in [2.75, 3.05) is 19.0 Å². The molecular formula is C20H16ClNO6. The molecule has 2 aromatic carbocycles. The van der Waals surface area contributed by atoms with Gasteiger partial charge in [-0.1, -0.05) is 23.7 Å². The maximum absolute atomic E-state index is 12.3. The SMILES string of the molecule is COC(=O)c1ccccc1NC(=O)COC(=O)c1oc2ccc(Cl)cc2c1C. The lowest BCUT2D eigenvalue weighted by Crippen LogP contribution is -2.22. The molecule has 7 nitrogen and oxygen atoms in total. The second kappa shape index (κ2) is 8.14. The Hall–Kier alpha value is -3.32. The number of hydrogen-bond donors (Lipinski definition) is 1. The van der Waals surface area contributed by atoms with Gasteiger partial charge in [0, 0.05) is 16.0 Å². The number of hydrogen-bond acceptors (Lipinski definition) is 6. The molecule has 0 spiro atoms. The van der Waals surface area contributed by atoms with Gasteiger partial charge in [0.15, 0.2) is 6.61 Å². The van der Waals surface area contributed by atoms with Crippen molar-refractivity contribution in [2.24, 2.45) is 0 Å². The van der Waals surface area contributed by atoms with Gasteiger partial charge in [0.25, 0.3) is 5.91 Å². The normalized spacial score (nSPS) is 10.5. The first kappa shape index (κ1) is 19.4. The van der Waals surface area contributed by atoms with Crippen molar-refractivity contribution in [1.29, 1.82) is 0 Å². The first-order valence-electron chi connectivity index (χ1n) is 8.23. The number of carbonyl (C=O) groups is 3. The number of rotatable bonds is 5. The summed E-state index contributed by atoms with van der Waals surface area (Å²) in [7, 11) is 1.24. The number of fused-ring (bicyclic) bond motifs is 1. The molecule has 144 valence electrons. The van der Waals surface area contributed by atoms with Gasteiger partial charge in [0.05, 0.1) is 18.4 Å². The highest BCUT2D eigenvalue weighted by atomic mass is 35.5. The van der Waals surface area contributed by atoms with E-state index in [2.05, 4.69) is 10.1 Å². The Morgan fingerprint density at radius 1 is 1.11 bits per heavy atom. The van der Waals surface area contributed by atoms with Gasteiger partial charge >= 0.3 is 11.9 Å². The van der Waals surface area contributed by atoms with Crippen LogP contribution in [0, 0.1) is 6.92 Å². The number of furan rings is 1. The molecule has 0 bridgehead atoms. The van der Waals surface area contributed by atoms with E-state index < -0.39 is 24.5 Å². The molecule has 3 rings (SSSR count). The van der Waals surface area contributed by atoms with Crippen molar-refractivity contribution < 1.29 is 28.3 Å². The minimum Gasteiger partial charge on any atom is -0.465 e. The topological polar surface area (TPSA) is 94.8 Å². The van der Waals surface area contributed by atoms with Gasteiger partial charge in [0.2, 0.25) is 5.76 Å². The van der Waals surface area contributed by atoms with Crippen molar-refractivity contribution in [3.63, 3.8) is 0 Å². The molecule has 0 radical (unpaired) electrons. The van der Waals surface area contributed by atoms with Gasteiger partial charge in [0.1, 0.15) is 5.58 Å². The average molecular weight is 402 g/mol. The lowest BCUT2D eigenvalue weighted by atomic mass is 10.1. The number of benzene rings is 2. The molecule has 1 amide bonds. The third-order valence-electron chi connectivity index (χ3n) is 4.02. The summed E-state index contributed by atoms with van der Waals surface area (Å²) >= 11 is 5.96. The summed E-state index contributed by atoms with van der Waals surface area (Å²) in [6.45, 7) is 1.15. The predicted octanol–water partition coefficient (Wildman–Crippen LogP) is 3.98. The number of methoxy groups -OCH3 is 1. The third kappa shape index (κ3) is 3.99. The Balaban J connectivity index is 1.68. The second-order valence-corrected chi connectivity index (χ2v) is 6.29.